The van der Waals surface area contributed by atoms with Gasteiger partial charge < -0.3 is 4.74 Å². The Balaban J connectivity index is 1.91. The molecule has 1 aromatic carbocycles. The highest BCUT2D eigenvalue weighted by atomic mass is 35.5. The number of aliphatic imine (C=N–C) groups is 1. The molecule has 0 spiro atoms. The smallest absolute Gasteiger partial charge is 0.308 e. The van der Waals surface area contributed by atoms with E-state index < -0.39 is 6.04 Å². The van der Waals surface area contributed by atoms with Crippen molar-refractivity contribution in [3.63, 3.8) is 0 Å². The van der Waals surface area contributed by atoms with Gasteiger partial charge in [-0.3, -0.25) is 14.4 Å². The van der Waals surface area contributed by atoms with E-state index in [-0.39, 0.29) is 12.4 Å². The van der Waals surface area contributed by atoms with Gasteiger partial charge in [0.1, 0.15) is 16.9 Å². The second-order valence-corrected chi connectivity index (χ2v) is 8.97. The Morgan fingerprint density at radius 3 is 2.63 bits per heavy atom. The fourth-order valence-corrected chi connectivity index (χ4v) is 4.91. The largest absolute Gasteiger partial charge is 0.466 e. The molecule has 0 radical (unpaired) electrons. The molecule has 4 rings (SSSR count). The number of carbonyl (C=O) groups is 1. The van der Waals surface area contributed by atoms with E-state index in [2.05, 4.69) is 24.0 Å². The van der Waals surface area contributed by atoms with Crippen molar-refractivity contribution in [2.45, 2.75) is 46.6 Å². The first kappa shape index (κ1) is 20.8. The second kappa shape index (κ2) is 8.32. The molecule has 6 nitrogen and oxygen atoms in total. The summed E-state index contributed by atoms with van der Waals surface area (Å²) in [6.07, 6.45) is 0.892. The molecule has 0 aliphatic carbocycles. The summed E-state index contributed by atoms with van der Waals surface area (Å²) in [7, 11) is 0. The van der Waals surface area contributed by atoms with Gasteiger partial charge in [0.05, 0.1) is 18.7 Å². The van der Waals surface area contributed by atoms with E-state index in [1.165, 1.54) is 4.88 Å². The lowest BCUT2D eigenvalue weighted by molar-refractivity contribution is -0.144. The third-order valence-corrected chi connectivity index (χ3v) is 6.63. The molecule has 2 aromatic heterocycles. The summed E-state index contributed by atoms with van der Waals surface area (Å²) >= 11 is 7.81. The number of thiophene rings is 1. The Kier molecular flexibility index (Phi) is 5.75. The molecule has 0 bridgehead atoms. The molecule has 1 atom stereocenters. The van der Waals surface area contributed by atoms with Gasteiger partial charge in [0.15, 0.2) is 5.82 Å². The van der Waals surface area contributed by atoms with Crippen LogP contribution in [0.5, 0.6) is 0 Å². The summed E-state index contributed by atoms with van der Waals surface area (Å²) in [5.74, 6) is 1.14. The van der Waals surface area contributed by atoms with Crippen molar-refractivity contribution in [3.8, 4) is 5.00 Å². The molecule has 3 aromatic rings. The van der Waals surface area contributed by atoms with E-state index in [1.807, 2.05) is 42.7 Å². The fraction of sp³-hybridized carbons (Fsp3) is 0.364. The molecule has 1 aliphatic heterocycles. The third-order valence-electron chi connectivity index (χ3n) is 5.18. The summed E-state index contributed by atoms with van der Waals surface area (Å²) in [4.78, 5) is 18.7. The number of hydrogen-bond donors (Lipinski definition) is 0. The van der Waals surface area contributed by atoms with Gasteiger partial charge in [0.2, 0.25) is 0 Å². The predicted octanol–water partition coefficient (Wildman–Crippen LogP) is 5.14. The molecule has 0 saturated heterocycles. The first-order chi connectivity index (χ1) is 14.4. The Hall–Kier alpha value is -2.51. The molecule has 0 fully saturated rings. The number of esters is 1. The summed E-state index contributed by atoms with van der Waals surface area (Å²) < 4.78 is 7.37. The van der Waals surface area contributed by atoms with Gasteiger partial charge in [-0.2, -0.15) is 0 Å². The number of benzene rings is 1. The highest BCUT2D eigenvalue weighted by Crippen LogP contribution is 2.39. The third kappa shape index (κ3) is 3.68. The number of aryl methyl sites for hydroxylation is 2. The Bertz CT molecular complexity index is 1130. The average molecular weight is 443 g/mol. The summed E-state index contributed by atoms with van der Waals surface area (Å²) in [5, 5.41) is 10.4. The van der Waals surface area contributed by atoms with E-state index in [0.29, 0.717) is 17.5 Å². The number of fused-ring (bicyclic) bond motifs is 3. The maximum absolute atomic E-state index is 12.5. The molecule has 0 amide bonds. The van der Waals surface area contributed by atoms with Crippen LogP contribution in [0, 0.1) is 20.8 Å². The van der Waals surface area contributed by atoms with Crippen LogP contribution in [-0.4, -0.2) is 33.1 Å². The van der Waals surface area contributed by atoms with E-state index in [9.17, 15) is 4.79 Å². The number of aromatic nitrogens is 3. The zero-order valence-electron chi connectivity index (χ0n) is 17.4. The van der Waals surface area contributed by atoms with Crippen molar-refractivity contribution in [3.05, 3.63) is 62.5 Å². The minimum atomic E-state index is -0.486. The highest BCUT2D eigenvalue weighted by molar-refractivity contribution is 7.15. The Morgan fingerprint density at radius 2 is 1.93 bits per heavy atom. The van der Waals surface area contributed by atoms with Crippen LogP contribution in [0.4, 0.5) is 0 Å². The number of carbonyl (C=O) groups excluding carboxylic acids is 1. The molecule has 0 N–H and O–H groups in total. The predicted molar refractivity (Wildman–Crippen MR) is 119 cm³/mol. The van der Waals surface area contributed by atoms with Crippen molar-refractivity contribution in [1.29, 1.82) is 0 Å². The minimum Gasteiger partial charge on any atom is -0.466 e. The molecule has 30 heavy (non-hydrogen) atoms. The summed E-state index contributed by atoms with van der Waals surface area (Å²) in [6, 6.07) is 7.15. The zero-order valence-corrected chi connectivity index (χ0v) is 19.0. The minimum absolute atomic E-state index is 0.113. The number of rotatable bonds is 5. The van der Waals surface area contributed by atoms with Gasteiger partial charge in [0.25, 0.3) is 0 Å². The van der Waals surface area contributed by atoms with E-state index in [0.717, 1.165) is 39.6 Å². The fourth-order valence-electron chi connectivity index (χ4n) is 3.57. The molecule has 3 heterocycles. The molecule has 156 valence electrons. The van der Waals surface area contributed by atoms with Crippen LogP contribution in [0.3, 0.4) is 0 Å². The van der Waals surface area contributed by atoms with Crippen LogP contribution in [-0.2, 0) is 9.53 Å². The first-order valence-corrected chi connectivity index (χ1v) is 11.1. The average Bonchev–Trinajstić information content (AvgIpc) is 3.19. The monoisotopic (exact) mass is 442 g/mol. The van der Waals surface area contributed by atoms with Crippen LogP contribution >= 0.6 is 22.9 Å². The molecular weight excluding hydrogens is 420 g/mol. The van der Waals surface area contributed by atoms with Crippen molar-refractivity contribution < 1.29 is 9.53 Å². The van der Waals surface area contributed by atoms with Crippen LogP contribution in [0.2, 0.25) is 5.02 Å². The normalized spacial score (nSPS) is 15.2. The van der Waals surface area contributed by atoms with Crippen LogP contribution in [0.1, 0.15) is 59.0 Å². The van der Waals surface area contributed by atoms with E-state index in [1.54, 1.807) is 11.3 Å². The van der Waals surface area contributed by atoms with Crippen LogP contribution in [0.15, 0.2) is 29.3 Å². The highest BCUT2D eigenvalue weighted by Gasteiger charge is 2.32. The number of halogens is 1. The molecule has 0 saturated carbocycles. The summed E-state index contributed by atoms with van der Waals surface area (Å²) in [5.41, 5.74) is 4.00. The SMILES string of the molecule is CCCOC(=O)C[C@H]1N=C(c2ccc(Cl)cc2)c2c(sc(C)c2C)-n2c(C)nnc21. The lowest BCUT2D eigenvalue weighted by Crippen LogP contribution is -2.13. The van der Waals surface area contributed by atoms with Gasteiger partial charge in [-0.05, 0) is 44.9 Å². The quantitative estimate of drug-likeness (QED) is 0.513. The van der Waals surface area contributed by atoms with Crippen molar-refractivity contribution >= 4 is 34.6 Å². The standard InChI is InChI=1S/C22H23ClN4O2S/c1-5-10-29-18(28)11-17-21-26-25-14(4)27(21)22-19(12(2)13(3)30-22)20(24-17)15-6-8-16(23)9-7-15/h6-9,17H,5,10-11H2,1-4H3/t17-/m1/s1. The number of hydrogen-bond acceptors (Lipinski definition) is 6. The molecule has 0 unspecified atom stereocenters. The topological polar surface area (TPSA) is 69.4 Å². The van der Waals surface area contributed by atoms with E-state index >= 15 is 0 Å². The number of nitrogens with zero attached hydrogens (tertiary/aromatic N) is 4. The maximum atomic E-state index is 12.5. The Morgan fingerprint density at radius 1 is 1.20 bits per heavy atom. The second-order valence-electron chi connectivity index (χ2n) is 7.33. The van der Waals surface area contributed by atoms with Crippen molar-refractivity contribution in [2.24, 2.45) is 4.99 Å². The van der Waals surface area contributed by atoms with Crippen molar-refractivity contribution in [1.82, 2.24) is 14.8 Å². The van der Waals surface area contributed by atoms with Gasteiger partial charge >= 0.3 is 5.97 Å². The maximum Gasteiger partial charge on any atom is 0.308 e. The lowest BCUT2D eigenvalue weighted by atomic mass is 9.99. The molecule has 8 heteroatoms. The number of ether oxygens (including phenoxy) is 1. The molecular formula is C22H23ClN4O2S. The Labute approximate surface area is 184 Å². The van der Waals surface area contributed by atoms with Crippen molar-refractivity contribution in [2.75, 3.05) is 6.61 Å². The summed E-state index contributed by atoms with van der Waals surface area (Å²) in [6.45, 7) is 8.50. The van der Waals surface area contributed by atoms with Crippen LogP contribution in [0.25, 0.3) is 5.00 Å². The molecule has 1 aliphatic rings. The van der Waals surface area contributed by atoms with Gasteiger partial charge in [-0.15, -0.1) is 21.5 Å². The van der Waals surface area contributed by atoms with Gasteiger partial charge in [-0.1, -0.05) is 30.7 Å². The van der Waals surface area contributed by atoms with Gasteiger partial charge in [0, 0.05) is 21.0 Å². The van der Waals surface area contributed by atoms with Crippen LogP contribution < -0.4 is 0 Å². The first-order valence-electron chi connectivity index (χ1n) is 9.92. The zero-order chi connectivity index (χ0) is 21.4. The lowest BCUT2D eigenvalue weighted by Gasteiger charge is -2.12. The van der Waals surface area contributed by atoms with Gasteiger partial charge in [-0.25, -0.2) is 0 Å². The van der Waals surface area contributed by atoms with E-state index in [4.69, 9.17) is 21.3 Å².